The van der Waals surface area contributed by atoms with Gasteiger partial charge in [0.15, 0.2) is 0 Å². The van der Waals surface area contributed by atoms with Crippen molar-refractivity contribution in [3.63, 3.8) is 0 Å². The van der Waals surface area contributed by atoms with Crippen LogP contribution in [-0.2, 0) is 14.3 Å². The Labute approximate surface area is 212 Å². The number of hydrogen-bond donors (Lipinski definition) is 0. The Morgan fingerprint density at radius 3 is 2.69 bits per heavy atom. The highest BCUT2D eigenvalue weighted by atomic mass is 16.5. The maximum Gasteiger partial charge on any atom is 0.302 e. The van der Waals surface area contributed by atoms with Crippen molar-refractivity contribution in [1.82, 2.24) is 9.88 Å². The molecule has 1 saturated heterocycles. The molecule has 8 heteroatoms. The maximum atomic E-state index is 12.5. The third-order valence-electron chi connectivity index (χ3n) is 6.86. The number of hydrogen-bond acceptors (Lipinski definition) is 6. The van der Waals surface area contributed by atoms with E-state index in [1.807, 2.05) is 42.2 Å². The fourth-order valence-corrected chi connectivity index (χ4v) is 4.69. The van der Waals surface area contributed by atoms with Gasteiger partial charge in [0.2, 0.25) is 5.91 Å². The third-order valence-corrected chi connectivity index (χ3v) is 6.86. The molecule has 0 spiro atoms. The van der Waals surface area contributed by atoms with Crippen molar-refractivity contribution in [2.24, 2.45) is 0 Å². The van der Waals surface area contributed by atoms with Crippen LogP contribution in [0.5, 0.6) is 0 Å². The molecule has 1 aromatic carbocycles. The number of carbonyl (C=O) groups is 2. The van der Waals surface area contributed by atoms with Gasteiger partial charge in [0.25, 0.3) is 0 Å². The van der Waals surface area contributed by atoms with E-state index in [1.165, 1.54) is 4.90 Å². The van der Waals surface area contributed by atoms with Crippen molar-refractivity contribution < 1.29 is 14.3 Å². The van der Waals surface area contributed by atoms with E-state index in [1.54, 1.807) is 14.2 Å². The summed E-state index contributed by atoms with van der Waals surface area (Å²) in [5.41, 5.74) is 3.95. The SMILES string of the molecule is C#CC(=O)N(C)c1cccc(-c2cc(C#N)c(N3CCN(C(=O)CCOC)[C@H](C)C3)nc2C2CC2)c1. The van der Waals surface area contributed by atoms with Crippen molar-refractivity contribution in [3.05, 3.63) is 41.6 Å². The quantitative estimate of drug-likeness (QED) is 0.560. The van der Waals surface area contributed by atoms with Gasteiger partial charge >= 0.3 is 5.91 Å². The number of benzene rings is 1. The molecule has 0 N–H and O–H groups in total. The Kier molecular flexibility index (Phi) is 7.57. The van der Waals surface area contributed by atoms with Crippen molar-refractivity contribution in [1.29, 1.82) is 5.26 Å². The van der Waals surface area contributed by atoms with Crippen LogP contribution in [0.3, 0.4) is 0 Å². The summed E-state index contributed by atoms with van der Waals surface area (Å²) >= 11 is 0. The lowest BCUT2D eigenvalue weighted by Gasteiger charge is -2.41. The molecule has 0 bridgehead atoms. The zero-order valence-corrected chi connectivity index (χ0v) is 21.0. The van der Waals surface area contributed by atoms with Crippen LogP contribution >= 0.6 is 0 Å². The van der Waals surface area contributed by atoms with Crippen LogP contribution in [0, 0.1) is 23.7 Å². The van der Waals surface area contributed by atoms with E-state index < -0.39 is 5.91 Å². The average molecular weight is 486 g/mol. The lowest BCUT2D eigenvalue weighted by molar-refractivity contribution is -0.134. The van der Waals surface area contributed by atoms with E-state index in [0.29, 0.717) is 55.6 Å². The molecule has 1 aromatic heterocycles. The normalized spacial score (nSPS) is 17.3. The van der Waals surface area contributed by atoms with Crippen LogP contribution in [0.1, 0.15) is 43.4 Å². The number of anilines is 2. The lowest BCUT2D eigenvalue weighted by atomic mass is 9.98. The second kappa shape index (κ2) is 10.8. The largest absolute Gasteiger partial charge is 0.384 e. The summed E-state index contributed by atoms with van der Waals surface area (Å²) in [6, 6.07) is 11.8. The van der Waals surface area contributed by atoms with Crippen molar-refractivity contribution >= 4 is 23.3 Å². The van der Waals surface area contributed by atoms with Crippen molar-refractivity contribution in [2.45, 2.75) is 38.1 Å². The van der Waals surface area contributed by atoms with Gasteiger partial charge in [0.05, 0.1) is 24.3 Å². The van der Waals surface area contributed by atoms with Crippen LogP contribution in [0.2, 0.25) is 0 Å². The second-order valence-corrected chi connectivity index (χ2v) is 9.36. The van der Waals surface area contributed by atoms with E-state index in [0.717, 1.165) is 29.7 Å². The van der Waals surface area contributed by atoms with Crippen LogP contribution in [0.15, 0.2) is 30.3 Å². The molecule has 1 atom stereocenters. The van der Waals surface area contributed by atoms with Crippen molar-refractivity contribution in [3.8, 4) is 29.5 Å². The molecule has 1 aliphatic heterocycles. The van der Waals surface area contributed by atoms with Crippen LogP contribution in [0.25, 0.3) is 11.1 Å². The highest BCUT2D eigenvalue weighted by Crippen LogP contribution is 2.45. The monoisotopic (exact) mass is 485 g/mol. The Morgan fingerprint density at radius 2 is 2.06 bits per heavy atom. The number of nitriles is 1. The van der Waals surface area contributed by atoms with Gasteiger partial charge in [0, 0.05) is 57.0 Å². The molecule has 186 valence electrons. The van der Waals surface area contributed by atoms with Crippen LogP contribution < -0.4 is 9.80 Å². The molecule has 8 nitrogen and oxygen atoms in total. The van der Waals surface area contributed by atoms with Gasteiger partial charge in [-0.15, -0.1) is 6.42 Å². The third kappa shape index (κ3) is 5.19. The first kappa shape index (κ1) is 25.2. The van der Waals surface area contributed by atoms with Gasteiger partial charge < -0.3 is 19.4 Å². The minimum atomic E-state index is -0.422. The second-order valence-electron chi connectivity index (χ2n) is 9.36. The van der Waals surface area contributed by atoms with E-state index in [2.05, 4.69) is 16.9 Å². The number of piperazine rings is 1. The minimum absolute atomic E-state index is 0.00131. The molecule has 0 unspecified atom stereocenters. The summed E-state index contributed by atoms with van der Waals surface area (Å²) < 4.78 is 5.05. The highest BCUT2D eigenvalue weighted by molar-refractivity contribution is 6.05. The number of carbonyl (C=O) groups excluding carboxylic acids is 2. The molecule has 1 saturated carbocycles. The number of ether oxygens (including phenoxy) is 1. The Balaban J connectivity index is 1.65. The molecule has 2 aromatic rings. The summed E-state index contributed by atoms with van der Waals surface area (Å²) in [5, 5.41) is 10.0. The number of amides is 2. The van der Waals surface area contributed by atoms with Crippen LogP contribution in [0.4, 0.5) is 11.5 Å². The van der Waals surface area contributed by atoms with E-state index in [9.17, 15) is 14.9 Å². The van der Waals surface area contributed by atoms with E-state index >= 15 is 0 Å². The summed E-state index contributed by atoms with van der Waals surface area (Å²) in [5.74, 6) is 2.82. The van der Waals surface area contributed by atoms with Crippen molar-refractivity contribution in [2.75, 3.05) is 50.2 Å². The van der Waals surface area contributed by atoms with Gasteiger partial charge in [-0.25, -0.2) is 4.98 Å². The lowest BCUT2D eigenvalue weighted by Crippen LogP contribution is -2.54. The van der Waals surface area contributed by atoms with Crippen LogP contribution in [-0.4, -0.2) is 68.1 Å². The standard InChI is InChI=1S/C28H31N5O3/c1-5-25(34)31(3)23-8-6-7-21(15-23)24-16-22(17-29)28(30-27(24)20-9-10-20)32-12-13-33(19(2)18-32)26(35)11-14-36-4/h1,6-8,15-16,19-20H,9-14,18H2,2-4H3/t19-/m1/s1. The molecular weight excluding hydrogens is 454 g/mol. The number of nitrogens with zero attached hydrogens (tertiary/aromatic N) is 5. The molecule has 1 aliphatic carbocycles. The fourth-order valence-electron chi connectivity index (χ4n) is 4.69. The molecule has 2 heterocycles. The molecule has 2 amide bonds. The topological polar surface area (TPSA) is 89.8 Å². The van der Waals surface area contributed by atoms with Gasteiger partial charge in [-0.1, -0.05) is 12.1 Å². The number of pyridine rings is 1. The molecule has 2 aliphatic rings. The van der Waals surface area contributed by atoms with Gasteiger partial charge in [-0.3, -0.25) is 9.59 Å². The Morgan fingerprint density at radius 1 is 1.28 bits per heavy atom. The zero-order chi connectivity index (χ0) is 25.8. The smallest absolute Gasteiger partial charge is 0.302 e. The molecular formula is C28H31N5O3. The minimum Gasteiger partial charge on any atom is -0.384 e. The predicted octanol–water partition coefficient (Wildman–Crippen LogP) is 3.17. The summed E-state index contributed by atoms with van der Waals surface area (Å²) in [7, 11) is 3.24. The number of rotatable bonds is 7. The predicted molar refractivity (Wildman–Crippen MR) is 138 cm³/mol. The first-order valence-corrected chi connectivity index (χ1v) is 12.2. The maximum absolute atomic E-state index is 12.5. The zero-order valence-electron chi connectivity index (χ0n) is 21.0. The first-order chi connectivity index (χ1) is 17.4. The molecule has 4 rings (SSSR count). The average Bonchev–Trinajstić information content (AvgIpc) is 3.75. The van der Waals surface area contributed by atoms with E-state index in [-0.39, 0.29) is 11.9 Å². The highest BCUT2D eigenvalue weighted by Gasteiger charge is 2.33. The molecule has 36 heavy (non-hydrogen) atoms. The number of aromatic nitrogens is 1. The summed E-state index contributed by atoms with van der Waals surface area (Å²) in [4.78, 5) is 35.0. The molecule has 0 radical (unpaired) electrons. The Bertz CT molecular complexity index is 1240. The summed E-state index contributed by atoms with van der Waals surface area (Å²) in [6.07, 6.45) is 7.77. The van der Waals surface area contributed by atoms with Gasteiger partial charge in [-0.2, -0.15) is 5.26 Å². The van der Waals surface area contributed by atoms with E-state index in [4.69, 9.17) is 16.1 Å². The first-order valence-electron chi connectivity index (χ1n) is 12.2. The number of terminal acetylenes is 1. The fraction of sp³-hybridized carbons (Fsp3) is 0.429. The summed E-state index contributed by atoms with van der Waals surface area (Å²) in [6.45, 7) is 4.24. The number of methoxy groups -OCH3 is 1. The molecule has 2 fully saturated rings. The Hall–Kier alpha value is -3.88. The van der Waals surface area contributed by atoms with Gasteiger partial charge in [0.1, 0.15) is 11.9 Å². The van der Waals surface area contributed by atoms with Gasteiger partial charge in [-0.05, 0) is 49.4 Å².